The van der Waals surface area contributed by atoms with E-state index in [1.807, 2.05) is 18.7 Å². The van der Waals surface area contributed by atoms with Crippen LogP contribution < -0.4 is 5.73 Å². The molecule has 1 saturated heterocycles. The van der Waals surface area contributed by atoms with Gasteiger partial charge in [0.25, 0.3) is 5.91 Å². The molecule has 4 heterocycles. The molecule has 2 aliphatic rings. The van der Waals surface area contributed by atoms with E-state index in [9.17, 15) is 4.79 Å². The minimum Gasteiger partial charge on any atom is -0.368 e. The Morgan fingerprint density at radius 3 is 2.85 bits per heavy atom. The number of nitrogens with two attached hydrogens (primary N) is 1. The molecule has 2 aliphatic heterocycles. The summed E-state index contributed by atoms with van der Waals surface area (Å²) >= 11 is 0. The maximum atomic E-state index is 12.9. The van der Waals surface area contributed by atoms with Gasteiger partial charge in [0.15, 0.2) is 0 Å². The zero-order valence-corrected chi connectivity index (χ0v) is 15.2. The SMILES string of the molecule is CC(C)n1nccc1C(=O)N1CCC2(CC1)OCCc1cnc(N)nc12. The molecule has 0 aliphatic carbocycles. The summed E-state index contributed by atoms with van der Waals surface area (Å²) in [5, 5.41) is 4.27. The van der Waals surface area contributed by atoms with E-state index in [1.54, 1.807) is 23.1 Å². The molecule has 0 unspecified atom stereocenters. The van der Waals surface area contributed by atoms with E-state index in [1.165, 1.54) is 0 Å². The molecule has 2 aromatic rings. The number of nitrogen functional groups attached to an aromatic ring is 1. The molecule has 8 heteroatoms. The number of hydrogen-bond acceptors (Lipinski definition) is 6. The summed E-state index contributed by atoms with van der Waals surface area (Å²) < 4.78 is 7.94. The van der Waals surface area contributed by atoms with E-state index in [2.05, 4.69) is 15.1 Å². The fourth-order valence-corrected chi connectivity index (χ4v) is 3.93. The Labute approximate surface area is 152 Å². The molecule has 2 aromatic heterocycles. The van der Waals surface area contributed by atoms with Crippen molar-refractivity contribution >= 4 is 11.9 Å². The second-order valence-corrected chi connectivity index (χ2v) is 7.24. The lowest BCUT2D eigenvalue weighted by Crippen LogP contribution is -2.49. The second kappa shape index (κ2) is 6.35. The zero-order valence-electron chi connectivity index (χ0n) is 15.2. The first-order valence-electron chi connectivity index (χ1n) is 9.09. The number of aromatic nitrogens is 4. The van der Waals surface area contributed by atoms with Gasteiger partial charge in [-0.3, -0.25) is 9.48 Å². The quantitative estimate of drug-likeness (QED) is 0.876. The number of piperidine rings is 1. The summed E-state index contributed by atoms with van der Waals surface area (Å²) in [6, 6.07) is 1.93. The van der Waals surface area contributed by atoms with Gasteiger partial charge in [-0.1, -0.05) is 0 Å². The lowest BCUT2D eigenvalue weighted by atomic mass is 9.83. The molecule has 8 nitrogen and oxygen atoms in total. The highest BCUT2D eigenvalue weighted by Gasteiger charge is 2.43. The Kier molecular flexibility index (Phi) is 4.14. The number of rotatable bonds is 2. The highest BCUT2D eigenvalue weighted by atomic mass is 16.5. The van der Waals surface area contributed by atoms with Crippen LogP contribution in [0.3, 0.4) is 0 Å². The van der Waals surface area contributed by atoms with E-state index in [4.69, 9.17) is 10.5 Å². The third-order valence-corrected chi connectivity index (χ3v) is 5.30. The largest absolute Gasteiger partial charge is 0.368 e. The van der Waals surface area contributed by atoms with E-state index < -0.39 is 5.60 Å². The monoisotopic (exact) mass is 356 g/mol. The number of amides is 1. The number of hydrogen-bond donors (Lipinski definition) is 1. The van der Waals surface area contributed by atoms with Crippen LogP contribution in [0, 0.1) is 0 Å². The van der Waals surface area contributed by atoms with Crippen molar-refractivity contribution in [2.24, 2.45) is 0 Å². The fraction of sp³-hybridized carbons (Fsp3) is 0.556. The Bertz CT molecular complexity index is 823. The van der Waals surface area contributed by atoms with Crippen LogP contribution in [-0.4, -0.2) is 50.3 Å². The highest BCUT2D eigenvalue weighted by molar-refractivity contribution is 5.92. The number of carbonyl (C=O) groups excluding carboxylic acids is 1. The third-order valence-electron chi connectivity index (χ3n) is 5.30. The summed E-state index contributed by atoms with van der Waals surface area (Å²) in [6.07, 6.45) is 5.70. The van der Waals surface area contributed by atoms with Gasteiger partial charge in [0.1, 0.15) is 11.3 Å². The van der Waals surface area contributed by atoms with Crippen molar-refractivity contribution in [1.82, 2.24) is 24.6 Å². The van der Waals surface area contributed by atoms with Crippen molar-refractivity contribution in [3.05, 3.63) is 35.4 Å². The minimum atomic E-state index is -0.459. The Morgan fingerprint density at radius 1 is 1.35 bits per heavy atom. The van der Waals surface area contributed by atoms with E-state index in [0.29, 0.717) is 38.2 Å². The van der Waals surface area contributed by atoms with Crippen molar-refractivity contribution in [2.45, 2.75) is 44.8 Å². The number of carbonyl (C=O) groups is 1. The molecule has 0 bridgehead atoms. The molecule has 1 amide bonds. The molecule has 0 radical (unpaired) electrons. The van der Waals surface area contributed by atoms with Crippen LogP contribution in [0.1, 0.15) is 54.5 Å². The van der Waals surface area contributed by atoms with Gasteiger partial charge in [-0.25, -0.2) is 9.97 Å². The maximum absolute atomic E-state index is 12.9. The molecular weight excluding hydrogens is 332 g/mol. The Morgan fingerprint density at radius 2 is 2.12 bits per heavy atom. The lowest BCUT2D eigenvalue weighted by Gasteiger charge is -2.44. The average molecular weight is 356 g/mol. The van der Waals surface area contributed by atoms with Gasteiger partial charge in [-0.2, -0.15) is 5.10 Å². The van der Waals surface area contributed by atoms with Gasteiger partial charge < -0.3 is 15.4 Å². The summed E-state index contributed by atoms with van der Waals surface area (Å²) in [7, 11) is 0. The second-order valence-electron chi connectivity index (χ2n) is 7.24. The van der Waals surface area contributed by atoms with E-state index in [-0.39, 0.29) is 17.9 Å². The molecule has 2 N–H and O–H groups in total. The van der Waals surface area contributed by atoms with E-state index in [0.717, 1.165) is 17.7 Å². The average Bonchev–Trinajstić information content (AvgIpc) is 3.13. The summed E-state index contributed by atoms with van der Waals surface area (Å²) in [5.41, 5.74) is 7.98. The molecule has 26 heavy (non-hydrogen) atoms. The molecule has 1 fully saturated rings. The molecule has 0 atom stereocenters. The van der Waals surface area contributed by atoms with Crippen LogP contribution in [0.2, 0.25) is 0 Å². The standard InChI is InChI=1S/C18H24N6O2/c1-12(2)24-14(3-7-21-24)16(25)23-8-5-18(6-9-23)15-13(4-10-26-18)11-20-17(19)22-15/h3,7,11-12H,4-6,8-10H2,1-2H3,(H2,19,20,22). The molecular formula is C18H24N6O2. The Hall–Kier alpha value is -2.48. The van der Waals surface area contributed by atoms with Crippen molar-refractivity contribution in [2.75, 3.05) is 25.4 Å². The van der Waals surface area contributed by atoms with Crippen LogP contribution in [0.15, 0.2) is 18.5 Å². The lowest BCUT2D eigenvalue weighted by molar-refractivity contribution is -0.0967. The van der Waals surface area contributed by atoms with Crippen molar-refractivity contribution < 1.29 is 9.53 Å². The maximum Gasteiger partial charge on any atom is 0.272 e. The van der Waals surface area contributed by atoms with Gasteiger partial charge in [0.05, 0.1) is 12.3 Å². The van der Waals surface area contributed by atoms with Gasteiger partial charge in [-0.15, -0.1) is 0 Å². The normalized spacial score (nSPS) is 19.0. The first-order valence-corrected chi connectivity index (χ1v) is 9.09. The van der Waals surface area contributed by atoms with Crippen LogP contribution in [0.4, 0.5) is 5.95 Å². The summed E-state index contributed by atoms with van der Waals surface area (Å²) in [5.74, 6) is 0.289. The van der Waals surface area contributed by atoms with Gasteiger partial charge in [0, 0.05) is 31.5 Å². The number of ether oxygens (including phenoxy) is 1. The van der Waals surface area contributed by atoms with Gasteiger partial charge >= 0.3 is 0 Å². The Balaban J connectivity index is 1.54. The number of anilines is 1. The topological polar surface area (TPSA) is 99.2 Å². The smallest absolute Gasteiger partial charge is 0.272 e. The van der Waals surface area contributed by atoms with Crippen LogP contribution in [0.25, 0.3) is 0 Å². The van der Waals surface area contributed by atoms with E-state index >= 15 is 0 Å². The predicted molar refractivity (Wildman–Crippen MR) is 95.5 cm³/mol. The summed E-state index contributed by atoms with van der Waals surface area (Å²) in [4.78, 5) is 23.4. The molecule has 138 valence electrons. The zero-order chi connectivity index (χ0) is 18.3. The van der Waals surface area contributed by atoms with Crippen molar-refractivity contribution in [1.29, 1.82) is 0 Å². The molecule has 0 saturated carbocycles. The third kappa shape index (κ3) is 2.74. The predicted octanol–water partition coefficient (Wildman–Crippen LogP) is 1.54. The molecule has 0 aromatic carbocycles. The van der Waals surface area contributed by atoms with Crippen molar-refractivity contribution in [3.63, 3.8) is 0 Å². The first-order chi connectivity index (χ1) is 12.5. The van der Waals surface area contributed by atoms with Crippen LogP contribution >= 0.6 is 0 Å². The van der Waals surface area contributed by atoms with Gasteiger partial charge in [0.2, 0.25) is 5.95 Å². The van der Waals surface area contributed by atoms with Gasteiger partial charge in [-0.05, 0) is 44.7 Å². The molecule has 1 spiro atoms. The van der Waals surface area contributed by atoms with Crippen LogP contribution in [-0.2, 0) is 16.8 Å². The highest BCUT2D eigenvalue weighted by Crippen LogP contribution is 2.40. The number of fused-ring (bicyclic) bond motifs is 2. The number of likely N-dealkylation sites (tertiary alicyclic amines) is 1. The molecule has 4 rings (SSSR count). The fourth-order valence-electron chi connectivity index (χ4n) is 3.93. The summed E-state index contributed by atoms with van der Waals surface area (Å²) in [6.45, 7) is 5.92. The first kappa shape index (κ1) is 17.0. The minimum absolute atomic E-state index is 0.0179. The van der Waals surface area contributed by atoms with Crippen molar-refractivity contribution in [3.8, 4) is 0 Å². The van der Waals surface area contributed by atoms with Crippen LogP contribution in [0.5, 0.6) is 0 Å². The number of nitrogens with zero attached hydrogens (tertiary/aromatic N) is 5.